The second kappa shape index (κ2) is 13.4. The van der Waals surface area contributed by atoms with Gasteiger partial charge in [-0.3, -0.25) is 4.72 Å². The quantitative estimate of drug-likeness (QED) is 0.295. The van der Waals surface area contributed by atoms with Gasteiger partial charge in [-0.15, -0.1) is 37.2 Å². The number of hydrogen-bond acceptors (Lipinski definition) is 7. The summed E-state index contributed by atoms with van der Waals surface area (Å²) in [5.41, 5.74) is 2.69. The molecule has 1 saturated heterocycles. The molecule has 13 heteroatoms. The second-order valence-electron chi connectivity index (χ2n) is 9.08. The van der Waals surface area contributed by atoms with Crippen LogP contribution in [0.25, 0.3) is 10.9 Å². The van der Waals surface area contributed by atoms with E-state index in [0.717, 1.165) is 30.0 Å². The summed E-state index contributed by atoms with van der Waals surface area (Å²) in [7, 11) is -3.84. The molecular weight excluding hydrogens is 597 g/mol. The van der Waals surface area contributed by atoms with Gasteiger partial charge in [0.05, 0.1) is 16.0 Å². The first kappa shape index (κ1) is 32.9. The van der Waals surface area contributed by atoms with Gasteiger partial charge in [0, 0.05) is 43.4 Å². The fourth-order valence-corrected chi connectivity index (χ4v) is 5.55. The smallest absolute Gasteiger partial charge is 0.336 e. The predicted octanol–water partition coefficient (Wildman–Crippen LogP) is 5.34. The van der Waals surface area contributed by atoms with Crippen molar-refractivity contribution in [3.8, 4) is 0 Å². The van der Waals surface area contributed by atoms with Crippen LogP contribution < -0.4 is 14.5 Å². The molecule has 1 fully saturated rings. The van der Waals surface area contributed by atoms with Gasteiger partial charge in [-0.25, -0.2) is 23.2 Å². The van der Waals surface area contributed by atoms with Gasteiger partial charge in [-0.1, -0.05) is 12.1 Å². The number of hydrogen-bond donors (Lipinski definition) is 2. The molecule has 5 rings (SSSR count). The fourth-order valence-electron chi connectivity index (χ4n) is 4.41. The van der Waals surface area contributed by atoms with E-state index >= 15 is 0 Å². The standard InChI is InChI=1S/C27H27N5O4S.3ClH/c1-18-6-8-21(15-19(18)2)37(35,36)30-20-7-9-24-22(16-20)23(27(33)34)17-26(29-24)32-13-11-31(12-14-32)25-5-3-4-10-28-25;;;/h3-10,15-17,30H,11-14H2,1-2H3,(H,33,34);3*1H. The van der Waals surface area contributed by atoms with Crippen LogP contribution in [-0.2, 0) is 10.0 Å². The molecule has 0 saturated carbocycles. The number of pyridine rings is 2. The molecule has 2 aromatic carbocycles. The number of aryl methyl sites for hydroxylation is 2. The number of rotatable bonds is 6. The molecule has 0 radical (unpaired) electrons. The Bertz CT molecular complexity index is 1600. The number of aromatic carboxylic acids is 1. The summed E-state index contributed by atoms with van der Waals surface area (Å²) in [5.74, 6) is 0.389. The Labute approximate surface area is 251 Å². The molecule has 214 valence electrons. The zero-order valence-electron chi connectivity index (χ0n) is 21.8. The maximum Gasteiger partial charge on any atom is 0.336 e. The van der Waals surface area contributed by atoms with E-state index in [1.165, 1.54) is 6.07 Å². The number of piperazine rings is 1. The minimum absolute atomic E-state index is 0. The van der Waals surface area contributed by atoms with Crippen molar-refractivity contribution in [1.29, 1.82) is 0 Å². The van der Waals surface area contributed by atoms with Crippen molar-refractivity contribution < 1.29 is 18.3 Å². The van der Waals surface area contributed by atoms with Gasteiger partial charge in [0.2, 0.25) is 0 Å². The molecule has 0 unspecified atom stereocenters. The van der Waals surface area contributed by atoms with Gasteiger partial charge in [0.1, 0.15) is 11.6 Å². The van der Waals surface area contributed by atoms with E-state index in [9.17, 15) is 18.3 Å². The minimum atomic E-state index is -3.84. The predicted molar refractivity (Wildman–Crippen MR) is 166 cm³/mol. The van der Waals surface area contributed by atoms with E-state index in [1.54, 1.807) is 42.6 Å². The van der Waals surface area contributed by atoms with Crippen LogP contribution in [-0.4, -0.2) is 55.6 Å². The van der Waals surface area contributed by atoms with Crippen molar-refractivity contribution in [2.75, 3.05) is 40.7 Å². The molecule has 2 aromatic heterocycles. The Balaban J connectivity index is 0.00000187. The number of fused-ring (bicyclic) bond motifs is 1. The number of nitrogens with one attached hydrogen (secondary N) is 1. The summed E-state index contributed by atoms with van der Waals surface area (Å²) in [6.07, 6.45) is 1.77. The van der Waals surface area contributed by atoms with E-state index in [-0.39, 0.29) is 53.4 Å². The highest BCUT2D eigenvalue weighted by Crippen LogP contribution is 2.28. The lowest BCUT2D eigenvalue weighted by atomic mass is 10.1. The highest BCUT2D eigenvalue weighted by molar-refractivity contribution is 7.92. The summed E-state index contributed by atoms with van der Waals surface area (Å²) in [6, 6.07) is 17.1. The van der Waals surface area contributed by atoms with E-state index in [1.807, 2.05) is 32.0 Å². The molecule has 1 aliphatic heterocycles. The molecule has 2 N–H and O–H groups in total. The summed E-state index contributed by atoms with van der Waals surface area (Å²) in [5, 5.41) is 10.3. The van der Waals surface area contributed by atoms with E-state index < -0.39 is 16.0 Å². The monoisotopic (exact) mass is 625 g/mol. The van der Waals surface area contributed by atoms with Crippen LogP contribution in [0.2, 0.25) is 0 Å². The largest absolute Gasteiger partial charge is 0.478 e. The van der Waals surface area contributed by atoms with Gasteiger partial charge >= 0.3 is 5.97 Å². The van der Waals surface area contributed by atoms with Crippen molar-refractivity contribution in [3.63, 3.8) is 0 Å². The molecule has 0 atom stereocenters. The lowest BCUT2D eigenvalue weighted by Crippen LogP contribution is -2.47. The summed E-state index contributed by atoms with van der Waals surface area (Å²) in [6.45, 7) is 6.57. The first-order chi connectivity index (χ1) is 17.7. The third kappa shape index (κ3) is 6.87. The van der Waals surface area contributed by atoms with Crippen LogP contribution in [0.5, 0.6) is 0 Å². The first-order valence-corrected chi connectivity index (χ1v) is 13.4. The van der Waals surface area contributed by atoms with Crippen molar-refractivity contribution in [2.24, 2.45) is 0 Å². The Morgan fingerprint density at radius 2 is 1.52 bits per heavy atom. The minimum Gasteiger partial charge on any atom is -0.478 e. The molecule has 0 aliphatic carbocycles. The molecule has 9 nitrogen and oxygen atoms in total. The number of carboxylic acid groups (broad SMARTS) is 1. The number of halogens is 3. The fraction of sp³-hybridized carbons (Fsp3) is 0.222. The van der Waals surface area contributed by atoms with Gasteiger partial charge < -0.3 is 14.9 Å². The van der Waals surface area contributed by atoms with Gasteiger partial charge in [0.25, 0.3) is 10.0 Å². The normalized spacial score (nSPS) is 13.1. The number of sulfonamides is 1. The highest BCUT2D eigenvalue weighted by atomic mass is 35.5. The van der Waals surface area contributed by atoms with Gasteiger partial charge in [-0.2, -0.15) is 0 Å². The third-order valence-corrected chi connectivity index (χ3v) is 8.02. The number of anilines is 3. The van der Waals surface area contributed by atoms with Crippen molar-refractivity contribution in [3.05, 3.63) is 83.6 Å². The van der Waals surface area contributed by atoms with Crippen LogP contribution in [0, 0.1) is 13.8 Å². The van der Waals surface area contributed by atoms with Crippen LogP contribution in [0.15, 0.2) is 71.8 Å². The Morgan fingerprint density at radius 1 is 0.850 bits per heavy atom. The number of carbonyl (C=O) groups is 1. The van der Waals surface area contributed by atoms with Gasteiger partial charge in [-0.05, 0) is 73.5 Å². The van der Waals surface area contributed by atoms with Crippen LogP contribution >= 0.6 is 37.2 Å². The number of carboxylic acids is 1. The molecule has 40 heavy (non-hydrogen) atoms. The summed E-state index contributed by atoms with van der Waals surface area (Å²) in [4.78, 5) is 25.7. The van der Waals surface area contributed by atoms with Crippen molar-refractivity contribution >= 4 is 81.4 Å². The maximum atomic E-state index is 13.0. The lowest BCUT2D eigenvalue weighted by Gasteiger charge is -2.36. The Kier molecular flexibility index (Phi) is 11.0. The average Bonchev–Trinajstić information content (AvgIpc) is 2.90. The molecule has 0 amide bonds. The maximum absolute atomic E-state index is 13.0. The molecule has 0 spiro atoms. The SMILES string of the molecule is Cc1ccc(S(=O)(=O)Nc2ccc3nc(N4CCN(c5ccccn5)CC4)cc(C(=O)O)c3c2)cc1C.Cl.Cl.Cl. The van der Waals surface area contributed by atoms with Gasteiger partial charge in [0.15, 0.2) is 0 Å². The van der Waals surface area contributed by atoms with Crippen LogP contribution in [0.4, 0.5) is 17.3 Å². The molecule has 3 heterocycles. The lowest BCUT2D eigenvalue weighted by molar-refractivity contribution is 0.0699. The van der Waals surface area contributed by atoms with Crippen molar-refractivity contribution in [1.82, 2.24) is 9.97 Å². The zero-order valence-corrected chi connectivity index (χ0v) is 25.0. The summed E-state index contributed by atoms with van der Waals surface area (Å²) < 4.78 is 28.5. The highest BCUT2D eigenvalue weighted by Gasteiger charge is 2.22. The third-order valence-electron chi connectivity index (χ3n) is 6.64. The van der Waals surface area contributed by atoms with Crippen molar-refractivity contribution in [2.45, 2.75) is 18.7 Å². The zero-order chi connectivity index (χ0) is 26.2. The second-order valence-corrected chi connectivity index (χ2v) is 10.8. The van der Waals surface area contributed by atoms with E-state index in [4.69, 9.17) is 4.98 Å². The Hall–Kier alpha value is -3.31. The van der Waals surface area contributed by atoms with Crippen LogP contribution in [0.1, 0.15) is 21.5 Å². The Morgan fingerprint density at radius 3 is 2.12 bits per heavy atom. The van der Waals surface area contributed by atoms with E-state index in [2.05, 4.69) is 19.5 Å². The number of aromatic nitrogens is 2. The molecule has 1 aliphatic rings. The molecule has 0 bridgehead atoms. The van der Waals surface area contributed by atoms with Crippen LogP contribution in [0.3, 0.4) is 0 Å². The summed E-state index contributed by atoms with van der Waals surface area (Å²) >= 11 is 0. The molecule has 4 aromatic rings. The average molecular weight is 627 g/mol. The topological polar surface area (TPSA) is 116 Å². The van der Waals surface area contributed by atoms with E-state index in [0.29, 0.717) is 29.8 Å². The first-order valence-electron chi connectivity index (χ1n) is 11.9. The number of benzene rings is 2. The number of nitrogens with zero attached hydrogens (tertiary/aromatic N) is 4. The molecular formula is C27H30Cl3N5O4S.